The summed E-state index contributed by atoms with van der Waals surface area (Å²) in [5, 5.41) is 0. The molecule has 10 heavy (non-hydrogen) atoms. The van der Waals surface area contributed by atoms with Crippen molar-refractivity contribution < 1.29 is 0 Å². The number of hydrogen-bond acceptors (Lipinski definition) is 2. The van der Waals surface area contributed by atoms with E-state index in [-0.39, 0.29) is 0 Å². The molecular weight excluding hydrogens is 239 g/mol. The highest BCUT2D eigenvalue weighted by Gasteiger charge is 1.90. The molecule has 0 unspecified atom stereocenters. The molecule has 0 bridgehead atoms. The minimum atomic E-state index is 0.697. The van der Waals surface area contributed by atoms with Gasteiger partial charge in [0.15, 0.2) is 0 Å². The van der Waals surface area contributed by atoms with Gasteiger partial charge < -0.3 is 5.73 Å². The normalized spacial score (nSPS) is 9.80. The van der Waals surface area contributed by atoms with Crippen LogP contribution >= 0.6 is 22.6 Å². The van der Waals surface area contributed by atoms with E-state index in [2.05, 4.69) is 33.6 Å². The Morgan fingerprint density at radius 1 is 1.50 bits per heavy atom. The van der Waals surface area contributed by atoms with Crippen LogP contribution in [0.3, 0.4) is 0 Å². The molecule has 0 saturated heterocycles. The van der Waals surface area contributed by atoms with E-state index in [0.29, 0.717) is 6.54 Å². The molecule has 0 aliphatic heterocycles. The molecule has 54 valence electrons. The lowest BCUT2D eigenvalue weighted by molar-refractivity contribution is 0.956. The summed E-state index contributed by atoms with van der Waals surface area (Å²) in [4.78, 5) is 4.13. The van der Waals surface area contributed by atoms with E-state index in [1.54, 1.807) is 0 Å². The molecule has 0 saturated carbocycles. The van der Waals surface area contributed by atoms with Crippen molar-refractivity contribution in [3.8, 4) is 0 Å². The summed E-state index contributed by atoms with van der Waals surface area (Å²) in [5.41, 5.74) is 6.58. The Hall–Kier alpha value is -0.160. The zero-order chi connectivity index (χ0) is 7.40. The van der Waals surface area contributed by atoms with Crippen molar-refractivity contribution >= 4 is 22.6 Å². The van der Waals surface area contributed by atoms with Gasteiger partial charge in [0.1, 0.15) is 3.70 Å². The lowest BCUT2D eigenvalue weighted by atomic mass is 10.2. The first-order valence-electron chi connectivity index (χ1n) is 3.13. The first-order chi connectivity index (χ1) is 4.83. The smallest absolute Gasteiger partial charge is 0.101 e. The van der Waals surface area contributed by atoms with E-state index in [4.69, 9.17) is 5.73 Å². The maximum absolute atomic E-state index is 5.37. The van der Waals surface area contributed by atoms with E-state index in [9.17, 15) is 0 Å². The Kier molecular flexibility index (Phi) is 3.08. The summed E-state index contributed by atoms with van der Waals surface area (Å²) < 4.78 is 1.03. The first kappa shape index (κ1) is 7.94. The predicted molar refractivity (Wildman–Crippen MR) is 49.7 cm³/mol. The van der Waals surface area contributed by atoms with Crippen LogP contribution in [0.5, 0.6) is 0 Å². The number of rotatable bonds is 2. The van der Waals surface area contributed by atoms with Crippen LogP contribution in [-0.4, -0.2) is 11.5 Å². The third-order valence-corrected chi connectivity index (χ3v) is 1.86. The molecule has 1 aromatic rings. The van der Waals surface area contributed by atoms with Crippen LogP contribution in [0.2, 0.25) is 0 Å². The number of pyridine rings is 1. The number of hydrogen-bond donors (Lipinski definition) is 1. The van der Waals surface area contributed by atoms with Crippen molar-refractivity contribution in [2.75, 3.05) is 6.54 Å². The number of halogens is 1. The van der Waals surface area contributed by atoms with Crippen molar-refractivity contribution in [2.45, 2.75) is 6.42 Å². The van der Waals surface area contributed by atoms with Crippen molar-refractivity contribution in [1.29, 1.82) is 0 Å². The van der Waals surface area contributed by atoms with E-state index >= 15 is 0 Å². The van der Waals surface area contributed by atoms with Gasteiger partial charge in [-0.2, -0.15) is 0 Å². The van der Waals surface area contributed by atoms with E-state index in [1.807, 2.05) is 12.3 Å². The van der Waals surface area contributed by atoms with Crippen LogP contribution in [0.25, 0.3) is 0 Å². The SMILES string of the molecule is NCCc1ccc(I)nc1. The molecule has 0 aliphatic rings. The zero-order valence-electron chi connectivity index (χ0n) is 5.55. The zero-order valence-corrected chi connectivity index (χ0v) is 7.71. The van der Waals surface area contributed by atoms with Gasteiger partial charge in [0.05, 0.1) is 0 Å². The topological polar surface area (TPSA) is 38.9 Å². The molecule has 0 fully saturated rings. The van der Waals surface area contributed by atoms with Crippen LogP contribution < -0.4 is 5.73 Å². The molecule has 0 spiro atoms. The number of nitrogens with zero attached hydrogens (tertiary/aromatic N) is 1. The number of aromatic nitrogens is 1. The Morgan fingerprint density at radius 2 is 2.30 bits per heavy atom. The minimum Gasteiger partial charge on any atom is -0.330 e. The largest absolute Gasteiger partial charge is 0.330 e. The second-order valence-electron chi connectivity index (χ2n) is 2.03. The van der Waals surface area contributed by atoms with Crippen molar-refractivity contribution in [2.24, 2.45) is 5.73 Å². The average Bonchev–Trinajstić information content (AvgIpc) is 1.95. The third kappa shape index (κ3) is 2.22. The van der Waals surface area contributed by atoms with Gasteiger partial charge in [-0.25, -0.2) is 0 Å². The van der Waals surface area contributed by atoms with Crippen LogP contribution in [0.4, 0.5) is 0 Å². The standard InChI is InChI=1S/C7H9IN2/c8-7-2-1-6(3-4-9)5-10-7/h1-2,5H,3-4,9H2. The maximum Gasteiger partial charge on any atom is 0.101 e. The lowest BCUT2D eigenvalue weighted by Gasteiger charge is -1.95. The molecule has 0 aliphatic carbocycles. The second kappa shape index (κ2) is 3.88. The maximum atomic E-state index is 5.37. The molecule has 1 heterocycles. The third-order valence-electron chi connectivity index (χ3n) is 1.22. The minimum absolute atomic E-state index is 0.697. The van der Waals surface area contributed by atoms with E-state index < -0.39 is 0 Å². The summed E-state index contributed by atoms with van der Waals surface area (Å²) in [6.45, 7) is 0.697. The Balaban J connectivity index is 2.69. The number of nitrogens with two attached hydrogens (primary N) is 1. The van der Waals surface area contributed by atoms with E-state index in [1.165, 1.54) is 5.56 Å². The van der Waals surface area contributed by atoms with Gasteiger partial charge in [0, 0.05) is 6.20 Å². The van der Waals surface area contributed by atoms with Gasteiger partial charge in [0.2, 0.25) is 0 Å². The fraction of sp³-hybridized carbons (Fsp3) is 0.286. The fourth-order valence-electron chi connectivity index (χ4n) is 0.721. The highest BCUT2D eigenvalue weighted by molar-refractivity contribution is 14.1. The first-order valence-corrected chi connectivity index (χ1v) is 4.21. The molecule has 3 heteroatoms. The highest BCUT2D eigenvalue weighted by atomic mass is 127. The summed E-state index contributed by atoms with van der Waals surface area (Å²) in [6.07, 6.45) is 2.79. The molecule has 2 nitrogen and oxygen atoms in total. The van der Waals surface area contributed by atoms with Crippen LogP contribution in [0.1, 0.15) is 5.56 Å². The molecule has 1 aromatic heterocycles. The Morgan fingerprint density at radius 3 is 2.80 bits per heavy atom. The monoisotopic (exact) mass is 248 g/mol. The highest BCUT2D eigenvalue weighted by Crippen LogP contribution is 2.02. The summed E-state index contributed by atoms with van der Waals surface area (Å²) in [7, 11) is 0. The quantitative estimate of drug-likeness (QED) is 0.630. The predicted octanol–water partition coefficient (Wildman–Crippen LogP) is 1.19. The van der Waals surface area contributed by atoms with Crippen molar-refractivity contribution in [1.82, 2.24) is 4.98 Å². The average molecular weight is 248 g/mol. The van der Waals surface area contributed by atoms with Crippen LogP contribution in [0.15, 0.2) is 18.3 Å². The molecule has 0 aromatic carbocycles. The lowest BCUT2D eigenvalue weighted by Crippen LogP contribution is -2.02. The van der Waals surface area contributed by atoms with Crippen LogP contribution in [0, 0.1) is 3.70 Å². The van der Waals surface area contributed by atoms with Crippen LogP contribution in [-0.2, 0) is 6.42 Å². The van der Waals surface area contributed by atoms with Gasteiger partial charge in [-0.15, -0.1) is 0 Å². The van der Waals surface area contributed by atoms with Gasteiger partial charge in [0.25, 0.3) is 0 Å². The summed E-state index contributed by atoms with van der Waals surface area (Å²) >= 11 is 2.18. The van der Waals surface area contributed by atoms with Gasteiger partial charge in [-0.1, -0.05) is 6.07 Å². The van der Waals surface area contributed by atoms with E-state index in [0.717, 1.165) is 10.1 Å². The van der Waals surface area contributed by atoms with Crippen molar-refractivity contribution in [3.63, 3.8) is 0 Å². The van der Waals surface area contributed by atoms with Crippen molar-refractivity contribution in [3.05, 3.63) is 27.6 Å². The fourth-order valence-corrected chi connectivity index (χ4v) is 1.04. The Labute approximate surface area is 74.0 Å². The second-order valence-corrected chi connectivity index (χ2v) is 3.13. The Bertz CT molecular complexity index is 195. The molecule has 1 rings (SSSR count). The molecular formula is C7H9IN2. The van der Waals surface area contributed by atoms with Gasteiger partial charge in [-0.05, 0) is 47.2 Å². The molecule has 0 atom stereocenters. The summed E-state index contributed by atoms with van der Waals surface area (Å²) in [5.74, 6) is 0. The molecule has 0 amide bonds. The molecule has 2 N–H and O–H groups in total. The van der Waals surface area contributed by atoms with Gasteiger partial charge >= 0.3 is 0 Å². The molecule has 0 radical (unpaired) electrons. The van der Waals surface area contributed by atoms with Gasteiger partial charge in [-0.3, -0.25) is 4.98 Å². The summed E-state index contributed by atoms with van der Waals surface area (Å²) in [6, 6.07) is 4.05.